The third-order valence-corrected chi connectivity index (χ3v) is 3.42. The van der Waals surface area contributed by atoms with Crippen LogP contribution < -0.4 is 5.32 Å². The van der Waals surface area contributed by atoms with E-state index in [1.165, 1.54) is 5.57 Å². The molecule has 100 valence electrons. The van der Waals surface area contributed by atoms with E-state index < -0.39 is 0 Å². The minimum absolute atomic E-state index is 0.165. The molecule has 0 aliphatic rings. The number of nitrogens with one attached hydrogen (secondary N) is 1. The average Bonchev–Trinajstić information content (AvgIpc) is 2.15. The maximum absolute atomic E-state index is 4.16. The van der Waals surface area contributed by atoms with Gasteiger partial charge in [0.25, 0.3) is 0 Å². The highest BCUT2D eigenvalue weighted by Crippen LogP contribution is 2.28. The van der Waals surface area contributed by atoms with Gasteiger partial charge in [0.05, 0.1) is 0 Å². The van der Waals surface area contributed by atoms with E-state index in [1.54, 1.807) is 0 Å². The summed E-state index contributed by atoms with van der Waals surface area (Å²) < 4.78 is 0. The Kier molecular flexibility index (Phi) is 6.01. The summed E-state index contributed by atoms with van der Waals surface area (Å²) in [7, 11) is 0. The second kappa shape index (κ2) is 6.28. The summed E-state index contributed by atoms with van der Waals surface area (Å²) in [6.07, 6.45) is 4.39. The lowest BCUT2D eigenvalue weighted by atomic mass is 9.84. The molecule has 0 amide bonds. The summed E-state index contributed by atoms with van der Waals surface area (Å²) >= 11 is 0. The zero-order chi connectivity index (χ0) is 13.7. The fourth-order valence-corrected chi connectivity index (χ4v) is 1.52. The van der Waals surface area contributed by atoms with Crippen LogP contribution in [0, 0.1) is 5.41 Å². The molecule has 0 aliphatic carbocycles. The van der Waals surface area contributed by atoms with E-state index in [1.807, 2.05) is 0 Å². The van der Waals surface area contributed by atoms with E-state index in [4.69, 9.17) is 0 Å². The highest BCUT2D eigenvalue weighted by molar-refractivity contribution is 5.06. The maximum atomic E-state index is 4.16. The zero-order valence-electron chi connectivity index (χ0n) is 12.7. The van der Waals surface area contributed by atoms with Gasteiger partial charge in [0.15, 0.2) is 0 Å². The van der Waals surface area contributed by atoms with E-state index >= 15 is 0 Å². The molecule has 0 saturated carbocycles. The van der Waals surface area contributed by atoms with Crippen molar-refractivity contribution in [2.75, 3.05) is 0 Å². The first-order valence-electron chi connectivity index (χ1n) is 6.72. The molecule has 1 nitrogen and oxygen atoms in total. The highest BCUT2D eigenvalue weighted by Gasteiger charge is 2.16. The van der Waals surface area contributed by atoms with Crippen LogP contribution in [-0.2, 0) is 0 Å². The van der Waals surface area contributed by atoms with Gasteiger partial charge in [0, 0.05) is 11.2 Å². The van der Waals surface area contributed by atoms with Gasteiger partial charge in [-0.1, -0.05) is 46.4 Å². The third-order valence-electron chi connectivity index (χ3n) is 3.42. The van der Waals surface area contributed by atoms with Gasteiger partial charge in [0.1, 0.15) is 0 Å². The van der Waals surface area contributed by atoms with Gasteiger partial charge in [-0.05, 0) is 44.9 Å². The molecular weight excluding hydrogens is 206 g/mol. The molecule has 1 heteroatoms. The molecule has 0 rings (SSSR count). The SMILES string of the molecule is C=C(CCCC(=C)C(C)(C)C)NC(C)(C)CC. The van der Waals surface area contributed by atoms with Gasteiger partial charge >= 0.3 is 0 Å². The van der Waals surface area contributed by atoms with Crippen molar-refractivity contribution < 1.29 is 0 Å². The molecule has 0 bridgehead atoms. The van der Waals surface area contributed by atoms with Gasteiger partial charge in [-0.15, -0.1) is 0 Å². The van der Waals surface area contributed by atoms with Crippen LogP contribution in [0.25, 0.3) is 0 Å². The lowest BCUT2D eigenvalue weighted by Crippen LogP contribution is -2.37. The first-order valence-corrected chi connectivity index (χ1v) is 6.72. The fraction of sp³-hybridized carbons (Fsp3) is 0.750. The van der Waals surface area contributed by atoms with Crippen LogP contribution in [0.1, 0.15) is 67.2 Å². The Bertz CT molecular complexity index is 266. The molecule has 0 atom stereocenters. The minimum Gasteiger partial charge on any atom is -0.384 e. The van der Waals surface area contributed by atoms with Crippen LogP contribution in [0.5, 0.6) is 0 Å². The van der Waals surface area contributed by atoms with E-state index in [2.05, 4.69) is 60.0 Å². The third kappa shape index (κ3) is 7.25. The van der Waals surface area contributed by atoms with E-state index in [0.29, 0.717) is 0 Å². The van der Waals surface area contributed by atoms with E-state index in [9.17, 15) is 0 Å². The van der Waals surface area contributed by atoms with Crippen LogP contribution in [0.3, 0.4) is 0 Å². The maximum Gasteiger partial charge on any atom is 0.0311 e. The van der Waals surface area contributed by atoms with Crippen LogP contribution in [0.4, 0.5) is 0 Å². The summed E-state index contributed by atoms with van der Waals surface area (Å²) in [5, 5.41) is 3.49. The van der Waals surface area contributed by atoms with Crippen molar-refractivity contribution in [1.29, 1.82) is 0 Å². The molecule has 0 heterocycles. The Morgan fingerprint density at radius 2 is 1.53 bits per heavy atom. The molecule has 0 aromatic heterocycles. The minimum atomic E-state index is 0.165. The zero-order valence-corrected chi connectivity index (χ0v) is 12.7. The van der Waals surface area contributed by atoms with Crippen LogP contribution in [0.15, 0.2) is 24.4 Å². The number of rotatable bonds is 7. The quantitative estimate of drug-likeness (QED) is 0.611. The Morgan fingerprint density at radius 1 is 1.00 bits per heavy atom. The lowest BCUT2D eigenvalue weighted by Gasteiger charge is -2.27. The molecule has 0 unspecified atom stereocenters. The normalized spacial score (nSPS) is 12.4. The van der Waals surface area contributed by atoms with Crippen molar-refractivity contribution in [2.24, 2.45) is 5.41 Å². The van der Waals surface area contributed by atoms with Crippen molar-refractivity contribution in [3.63, 3.8) is 0 Å². The molecule has 0 saturated heterocycles. The second-order valence-electron chi connectivity index (χ2n) is 6.67. The van der Waals surface area contributed by atoms with Crippen LogP contribution in [0.2, 0.25) is 0 Å². The van der Waals surface area contributed by atoms with Crippen LogP contribution in [-0.4, -0.2) is 5.54 Å². The van der Waals surface area contributed by atoms with Gasteiger partial charge in [-0.2, -0.15) is 0 Å². The molecule has 1 N–H and O–H groups in total. The Balaban J connectivity index is 3.92. The monoisotopic (exact) mass is 237 g/mol. The summed E-state index contributed by atoms with van der Waals surface area (Å²) in [5.74, 6) is 0. The largest absolute Gasteiger partial charge is 0.384 e. The molecule has 0 aromatic rings. The van der Waals surface area contributed by atoms with E-state index in [0.717, 1.165) is 31.4 Å². The van der Waals surface area contributed by atoms with Gasteiger partial charge in [-0.25, -0.2) is 0 Å². The van der Waals surface area contributed by atoms with E-state index in [-0.39, 0.29) is 11.0 Å². The number of allylic oxidation sites excluding steroid dienone is 2. The van der Waals surface area contributed by atoms with Crippen molar-refractivity contribution in [3.8, 4) is 0 Å². The first kappa shape index (κ1) is 16.3. The summed E-state index contributed by atoms with van der Waals surface area (Å²) in [5.41, 5.74) is 2.88. The van der Waals surface area contributed by atoms with Gasteiger partial charge in [0.2, 0.25) is 0 Å². The lowest BCUT2D eigenvalue weighted by molar-refractivity contribution is 0.405. The smallest absolute Gasteiger partial charge is 0.0311 e. The number of hydrogen-bond acceptors (Lipinski definition) is 1. The first-order chi connectivity index (χ1) is 7.58. The molecular formula is C16H31N. The van der Waals surface area contributed by atoms with Crippen LogP contribution >= 0.6 is 0 Å². The van der Waals surface area contributed by atoms with Gasteiger partial charge in [-0.3, -0.25) is 0 Å². The summed E-state index contributed by atoms with van der Waals surface area (Å²) in [6.45, 7) is 21.6. The molecule has 17 heavy (non-hydrogen) atoms. The Labute approximate surface area is 108 Å². The molecule has 0 fully saturated rings. The Hall–Kier alpha value is -0.720. The summed E-state index contributed by atoms with van der Waals surface area (Å²) in [4.78, 5) is 0. The Morgan fingerprint density at radius 3 is 1.94 bits per heavy atom. The molecule has 0 aliphatic heterocycles. The second-order valence-corrected chi connectivity index (χ2v) is 6.67. The average molecular weight is 237 g/mol. The molecule has 0 spiro atoms. The van der Waals surface area contributed by atoms with Crippen molar-refractivity contribution in [1.82, 2.24) is 5.32 Å². The van der Waals surface area contributed by atoms with Gasteiger partial charge < -0.3 is 5.32 Å². The summed E-state index contributed by atoms with van der Waals surface area (Å²) in [6, 6.07) is 0. The van der Waals surface area contributed by atoms with Crippen molar-refractivity contribution in [2.45, 2.75) is 72.8 Å². The fourth-order valence-electron chi connectivity index (χ4n) is 1.52. The predicted molar refractivity (Wildman–Crippen MR) is 79.1 cm³/mol. The van der Waals surface area contributed by atoms with Crippen molar-refractivity contribution >= 4 is 0 Å². The molecule has 0 radical (unpaired) electrons. The van der Waals surface area contributed by atoms with Crippen molar-refractivity contribution in [3.05, 3.63) is 24.4 Å². The molecule has 0 aromatic carbocycles. The highest BCUT2D eigenvalue weighted by atomic mass is 15.0. The number of hydrogen-bond donors (Lipinski definition) is 1. The standard InChI is InChI=1S/C16H31N/c1-9-16(7,8)17-14(3)12-10-11-13(2)15(4,5)6/h17H,2-3,9-12H2,1,4-8H3. The predicted octanol–water partition coefficient (Wildman–Crippen LogP) is 5.05. The topological polar surface area (TPSA) is 12.0 Å².